The highest BCUT2D eigenvalue weighted by Crippen LogP contribution is 2.27. The average molecular weight is 323 g/mol. The lowest BCUT2D eigenvalue weighted by Gasteiger charge is -2.16. The van der Waals surface area contributed by atoms with Crippen LogP contribution in [0.5, 0.6) is 0 Å². The Balaban J connectivity index is 2.09. The van der Waals surface area contributed by atoms with Crippen LogP contribution in [0.1, 0.15) is 37.0 Å². The van der Waals surface area contributed by atoms with Gasteiger partial charge in [-0.3, -0.25) is 4.68 Å². The van der Waals surface area contributed by atoms with E-state index in [1.165, 1.54) is 5.56 Å². The van der Waals surface area contributed by atoms with E-state index < -0.39 is 0 Å². The number of hydrogen-bond acceptors (Lipinski definition) is 3. The quantitative estimate of drug-likeness (QED) is 0.667. The third kappa shape index (κ3) is 2.49. The van der Waals surface area contributed by atoms with Crippen molar-refractivity contribution in [1.29, 1.82) is 0 Å². The van der Waals surface area contributed by atoms with E-state index in [0.717, 1.165) is 35.5 Å². The van der Waals surface area contributed by atoms with Gasteiger partial charge in [0.2, 0.25) is 0 Å². The van der Waals surface area contributed by atoms with Crippen molar-refractivity contribution >= 4 is 34.1 Å². The Hall–Kier alpha value is -1.33. The number of fused-ring (bicyclic) bond motifs is 1. The van der Waals surface area contributed by atoms with Crippen LogP contribution >= 0.6 is 22.9 Å². The summed E-state index contributed by atoms with van der Waals surface area (Å²) < 4.78 is 4.17. The van der Waals surface area contributed by atoms with E-state index in [4.69, 9.17) is 16.6 Å². The maximum absolute atomic E-state index is 6.12. The van der Waals surface area contributed by atoms with Gasteiger partial charge in [0, 0.05) is 13.1 Å². The summed E-state index contributed by atoms with van der Waals surface area (Å²) in [4.78, 5) is 4.72. The Morgan fingerprint density at radius 2 is 2.24 bits per heavy atom. The molecule has 0 fully saturated rings. The molecule has 0 aliphatic heterocycles. The summed E-state index contributed by atoms with van der Waals surface area (Å²) in [6.07, 6.45) is 1.86. The van der Waals surface area contributed by atoms with Gasteiger partial charge in [0.05, 0.1) is 11.6 Å². The van der Waals surface area contributed by atoms with Gasteiger partial charge < -0.3 is 4.57 Å². The van der Waals surface area contributed by atoms with Gasteiger partial charge in [0.1, 0.15) is 11.3 Å². The highest BCUT2D eigenvalue weighted by Gasteiger charge is 2.21. The predicted octanol–water partition coefficient (Wildman–Crippen LogP) is 3.94. The van der Waals surface area contributed by atoms with E-state index in [-0.39, 0.29) is 0 Å². The number of rotatable bonds is 5. The van der Waals surface area contributed by atoms with Gasteiger partial charge in [0.15, 0.2) is 5.65 Å². The first kappa shape index (κ1) is 14.6. The molecule has 21 heavy (non-hydrogen) atoms. The first-order valence-corrected chi connectivity index (χ1v) is 8.63. The number of alkyl halides is 1. The topological polar surface area (TPSA) is 35.6 Å². The summed E-state index contributed by atoms with van der Waals surface area (Å²) in [6.45, 7) is 4.32. The lowest BCUT2D eigenvalue weighted by atomic mass is 10.1. The van der Waals surface area contributed by atoms with Crippen molar-refractivity contribution in [1.82, 2.24) is 19.3 Å². The van der Waals surface area contributed by atoms with Crippen molar-refractivity contribution in [2.75, 3.05) is 0 Å². The summed E-state index contributed by atoms with van der Waals surface area (Å²) in [6, 6.07) is 2.48. The van der Waals surface area contributed by atoms with Crippen molar-refractivity contribution in [3.05, 3.63) is 33.9 Å². The van der Waals surface area contributed by atoms with Crippen molar-refractivity contribution < 1.29 is 0 Å². The number of aryl methyl sites for hydroxylation is 2. The fourth-order valence-electron chi connectivity index (χ4n) is 2.88. The number of hydrogen-bond donors (Lipinski definition) is 0. The van der Waals surface area contributed by atoms with E-state index in [1.54, 1.807) is 11.3 Å². The molecular formula is C15H19ClN4S. The number of halogens is 1. The molecule has 0 saturated carbocycles. The maximum Gasteiger partial charge on any atom is 0.158 e. The van der Waals surface area contributed by atoms with Crippen LogP contribution in [-0.2, 0) is 25.8 Å². The molecule has 0 aliphatic carbocycles. The molecule has 0 radical (unpaired) electrons. The normalized spacial score (nSPS) is 13.1. The van der Waals surface area contributed by atoms with Crippen LogP contribution in [0.2, 0.25) is 0 Å². The van der Waals surface area contributed by atoms with Crippen LogP contribution in [0.3, 0.4) is 0 Å². The Labute approximate surface area is 133 Å². The van der Waals surface area contributed by atoms with Gasteiger partial charge in [-0.1, -0.05) is 6.92 Å². The van der Waals surface area contributed by atoms with E-state index in [2.05, 4.69) is 40.3 Å². The Bertz CT molecular complexity index is 741. The van der Waals surface area contributed by atoms with Gasteiger partial charge in [-0.25, -0.2) is 4.98 Å². The molecule has 3 heterocycles. The van der Waals surface area contributed by atoms with Crippen LogP contribution in [0, 0.1) is 0 Å². The van der Waals surface area contributed by atoms with Gasteiger partial charge in [-0.2, -0.15) is 16.4 Å². The number of imidazole rings is 1. The van der Waals surface area contributed by atoms with Crippen LogP contribution in [0.4, 0.5) is 0 Å². The second-order valence-corrected chi connectivity index (χ2v) is 6.36. The highest BCUT2D eigenvalue weighted by atomic mass is 35.5. The van der Waals surface area contributed by atoms with Gasteiger partial charge in [-0.15, -0.1) is 11.6 Å². The maximum atomic E-state index is 6.12. The molecule has 0 aliphatic rings. The SMILES string of the molecule is CCc1nn(C)c2c1nc(CCl)n2C(C)Cc1ccsc1. The summed E-state index contributed by atoms with van der Waals surface area (Å²) in [7, 11) is 1.98. The van der Waals surface area contributed by atoms with Gasteiger partial charge in [0.25, 0.3) is 0 Å². The second-order valence-electron chi connectivity index (χ2n) is 5.31. The monoisotopic (exact) mass is 322 g/mol. The minimum atomic E-state index is 0.304. The fourth-order valence-corrected chi connectivity index (χ4v) is 3.75. The van der Waals surface area contributed by atoms with Gasteiger partial charge >= 0.3 is 0 Å². The zero-order valence-electron chi connectivity index (χ0n) is 12.5. The molecule has 1 unspecified atom stereocenters. The molecule has 0 aromatic carbocycles. The molecule has 6 heteroatoms. The smallest absolute Gasteiger partial charge is 0.158 e. The standard InChI is InChI=1S/C15H19ClN4S/c1-4-12-14-15(19(3)18-12)20(13(8-16)17-14)10(2)7-11-5-6-21-9-11/h5-6,9-10H,4,7-8H2,1-3H3. The Kier molecular flexibility index (Phi) is 4.04. The first-order valence-electron chi connectivity index (χ1n) is 7.15. The molecular weight excluding hydrogens is 304 g/mol. The van der Waals surface area contributed by atoms with Crippen LogP contribution in [0.25, 0.3) is 11.2 Å². The molecule has 4 nitrogen and oxygen atoms in total. The molecule has 0 N–H and O–H groups in total. The summed E-state index contributed by atoms with van der Waals surface area (Å²) >= 11 is 7.86. The number of thiophene rings is 1. The van der Waals surface area contributed by atoms with Crippen molar-refractivity contribution in [2.45, 2.75) is 38.6 Å². The molecule has 3 aromatic heterocycles. The van der Waals surface area contributed by atoms with Crippen molar-refractivity contribution in [2.24, 2.45) is 7.05 Å². The molecule has 3 aromatic rings. The number of nitrogens with zero attached hydrogens (tertiary/aromatic N) is 4. The van der Waals surface area contributed by atoms with E-state index in [9.17, 15) is 0 Å². The van der Waals surface area contributed by atoms with Crippen LogP contribution < -0.4 is 0 Å². The number of aromatic nitrogens is 4. The van der Waals surface area contributed by atoms with Gasteiger partial charge in [-0.05, 0) is 42.2 Å². The molecule has 3 rings (SSSR count). The Morgan fingerprint density at radius 3 is 2.86 bits per heavy atom. The summed E-state index contributed by atoms with van der Waals surface area (Å²) in [5, 5.41) is 8.89. The zero-order chi connectivity index (χ0) is 15.0. The predicted molar refractivity (Wildman–Crippen MR) is 88.2 cm³/mol. The largest absolute Gasteiger partial charge is 0.309 e. The van der Waals surface area contributed by atoms with Crippen LogP contribution in [0.15, 0.2) is 16.8 Å². The summed E-state index contributed by atoms with van der Waals surface area (Å²) in [5.41, 5.74) is 4.46. The molecule has 0 saturated heterocycles. The highest BCUT2D eigenvalue weighted by molar-refractivity contribution is 7.07. The minimum absolute atomic E-state index is 0.304. The zero-order valence-corrected chi connectivity index (χ0v) is 14.1. The lowest BCUT2D eigenvalue weighted by Crippen LogP contribution is -2.13. The Morgan fingerprint density at radius 1 is 1.43 bits per heavy atom. The van der Waals surface area contributed by atoms with Crippen molar-refractivity contribution in [3.63, 3.8) is 0 Å². The molecule has 0 bridgehead atoms. The van der Waals surface area contributed by atoms with E-state index in [0.29, 0.717) is 11.9 Å². The second kappa shape index (κ2) is 5.81. The third-order valence-corrected chi connectivity index (χ3v) is 4.79. The fraction of sp³-hybridized carbons (Fsp3) is 0.467. The van der Waals surface area contributed by atoms with Crippen LogP contribution in [-0.4, -0.2) is 19.3 Å². The lowest BCUT2D eigenvalue weighted by molar-refractivity contribution is 0.530. The van der Waals surface area contributed by atoms with E-state index in [1.807, 2.05) is 11.7 Å². The summed E-state index contributed by atoms with van der Waals surface area (Å²) in [5.74, 6) is 1.35. The van der Waals surface area contributed by atoms with E-state index >= 15 is 0 Å². The molecule has 1 atom stereocenters. The van der Waals surface area contributed by atoms with Crippen molar-refractivity contribution in [3.8, 4) is 0 Å². The third-order valence-electron chi connectivity index (χ3n) is 3.82. The molecule has 112 valence electrons. The minimum Gasteiger partial charge on any atom is -0.309 e. The molecule has 0 amide bonds. The average Bonchev–Trinajstić information content (AvgIpc) is 3.15. The molecule has 0 spiro atoms. The first-order chi connectivity index (χ1) is 10.2.